The van der Waals surface area contributed by atoms with E-state index in [1.54, 1.807) is 6.92 Å². The summed E-state index contributed by atoms with van der Waals surface area (Å²) in [6.45, 7) is 3.75. The number of hydrogen-bond acceptors (Lipinski definition) is 3. The van der Waals surface area contributed by atoms with E-state index in [1.807, 2.05) is 54.6 Å². The first-order chi connectivity index (χ1) is 14.1. The van der Waals surface area contributed by atoms with Crippen molar-refractivity contribution in [3.63, 3.8) is 0 Å². The normalized spacial score (nSPS) is 16.6. The Bertz CT molecular complexity index is 1050. The van der Waals surface area contributed by atoms with Gasteiger partial charge in [-0.3, -0.25) is 9.79 Å². The quantitative estimate of drug-likeness (QED) is 0.566. The molecule has 144 valence electrons. The smallest absolute Gasteiger partial charge is 0.133 e. The molecule has 0 aromatic heterocycles. The van der Waals surface area contributed by atoms with E-state index < -0.39 is 0 Å². The summed E-state index contributed by atoms with van der Waals surface area (Å²) in [4.78, 5) is 19.4. The number of benzene rings is 3. The predicted molar refractivity (Wildman–Crippen MR) is 120 cm³/mol. The molecule has 1 unspecified atom stereocenters. The lowest BCUT2D eigenvalue weighted by atomic mass is 9.94. The summed E-state index contributed by atoms with van der Waals surface area (Å²) >= 11 is 0. The topological polar surface area (TPSA) is 32.7 Å². The lowest BCUT2D eigenvalue weighted by Crippen LogP contribution is -2.39. The van der Waals surface area contributed by atoms with Gasteiger partial charge in [-0.15, -0.1) is 0 Å². The van der Waals surface area contributed by atoms with E-state index in [0.29, 0.717) is 6.42 Å². The first-order valence-electron chi connectivity index (χ1n) is 9.89. The molecule has 3 aromatic rings. The average molecular weight is 380 g/mol. The van der Waals surface area contributed by atoms with E-state index >= 15 is 0 Å². The van der Waals surface area contributed by atoms with Gasteiger partial charge in [-0.2, -0.15) is 0 Å². The van der Waals surface area contributed by atoms with Gasteiger partial charge < -0.3 is 4.90 Å². The van der Waals surface area contributed by atoms with Crippen LogP contribution in [0.1, 0.15) is 31.4 Å². The summed E-state index contributed by atoms with van der Waals surface area (Å²) in [5, 5.41) is 0. The molecular weight excluding hydrogens is 356 g/mol. The number of rotatable bonds is 5. The van der Waals surface area contributed by atoms with Crippen LogP contribution in [0.4, 0.5) is 5.69 Å². The number of carbonyl (C=O) groups excluding carboxylic acids is 1. The van der Waals surface area contributed by atoms with Crippen molar-refractivity contribution in [2.75, 3.05) is 4.90 Å². The SMILES string of the molecule is CC(=O)CC1N=C(c2ccccc2)C(C)=C(c2ccccc2)N1c1ccccc1. The predicted octanol–water partition coefficient (Wildman–Crippen LogP) is 5.73. The highest BCUT2D eigenvalue weighted by atomic mass is 16.1. The molecular formula is C26H24N2O. The van der Waals surface area contributed by atoms with Crippen LogP contribution >= 0.6 is 0 Å². The Morgan fingerprint density at radius 2 is 1.34 bits per heavy atom. The molecule has 3 aromatic carbocycles. The van der Waals surface area contributed by atoms with Crippen LogP contribution in [-0.4, -0.2) is 17.7 Å². The van der Waals surface area contributed by atoms with Crippen LogP contribution in [0.15, 0.2) is 102 Å². The fourth-order valence-corrected chi connectivity index (χ4v) is 3.87. The summed E-state index contributed by atoms with van der Waals surface area (Å²) in [6.07, 6.45) is 0.0680. The van der Waals surface area contributed by atoms with E-state index in [0.717, 1.165) is 33.8 Å². The Balaban J connectivity index is 1.95. The Morgan fingerprint density at radius 3 is 1.90 bits per heavy atom. The molecule has 1 atom stereocenters. The van der Waals surface area contributed by atoms with Crippen molar-refractivity contribution in [2.45, 2.75) is 26.4 Å². The molecule has 1 aliphatic rings. The fourth-order valence-electron chi connectivity index (χ4n) is 3.87. The Labute approximate surface area is 172 Å². The fraction of sp³-hybridized carbons (Fsp3) is 0.154. The number of carbonyl (C=O) groups is 1. The standard InChI is InChI=1S/C26H24N2O/c1-19(29)18-24-27-25(21-12-6-3-7-13-21)20(2)26(22-14-8-4-9-15-22)28(24)23-16-10-5-11-17-23/h3-17,24H,18H2,1-2H3. The lowest BCUT2D eigenvalue weighted by molar-refractivity contribution is -0.117. The van der Waals surface area contributed by atoms with Gasteiger partial charge in [0, 0.05) is 17.7 Å². The van der Waals surface area contributed by atoms with Crippen molar-refractivity contribution in [1.29, 1.82) is 0 Å². The first-order valence-corrected chi connectivity index (χ1v) is 9.89. The molecule has 3 nitrogen and oxygen atoms in total. The molecule has 0 N–H and O–H groups in total. The maximum absolute atomic E-state index is 12.1. The number of nitrogens with zero attached hydrogens (tertiary/aromatic N) is 2. The third-order valence-corrected chi connectivity index (χ3v) is 5.13. The summed E-state index contributed by atoms with van der Waals surface area (Å²) < 4.78 is 0. The van der Waals surface area contributed by atoms with Crippen molar-refractivity contribution in [3.05, 3.63) is 108 Å². The monoisotopic (exact) mass is 380 g/mol. The van der Waals surface area contributed by atoms with Gasteiger partial charge in [-0.1, -0.05) is 78.9 Å². The number of anilines is 1. The maximum atomic E-state index is 12.1. The summed E-state index contributed by atoms with van der Waals surface area (Å²) in [7, 11) is 0. The molecule has 29 heavy (non-hydrogen) atoms. The van der Waals surface area contributed by atoms with Gasteiger partial charge in [0.1, 0.15) is 11.9 Å². The Kier molecular flexibility index (Phi) is 5.39. The minimum absolute atomic E-state index is 0.124. The number of hydrogen-bond donors (Lipinski definition) is 0. The molecule has 0 bridgehead atoms. The van der Waals surface area contributed by atoms with Gasteiger partial charge >= 0.3 is 0 Å². The van der Waals surface area contributed by atoms with Gasteiger partial charge in [-0.25, -0.2) is 0 Å². The highest BCUT2D eigenvalue weighted by Gasteiger charge is 2.31. The molecule has 0 saturated carbocycles. The molecule has 0 fully saturated rings. The molecule has 0 aliphatic carbocycles. The van der Waals surface area contributed by atoms with Crippen molar-refractivity contribution >= 4 is 22.9 Å². The van der Waals surface area contributed by atoms with E-state index in [9.17, 15) is 4.79 Å². The molecule has 3 heteroatoms. The molecule has 4 rings (SSSR count). The number of allylic oxidation sites excluding steroid dienone is 1. The molecule has 1 aliphatic heterocycles. The molecule has 1 heterocycles. The Hall–Kier alpha value is -3.46. The van der Waals surface area contributed by atoms with E-state index in [2.05, 4.69) is 48.2 Å². The second kappa shape index (κ2) is 8.27. The zero-order chi connectivity index (χ0) is 20.2. The number of Topliss-reactive ketones (excluding diaryl/α,β-unsaturated/α-hetero) is 1. The summed E-state index contributed by atoms with van der Waals surface area (Å²) in [5.74, 6) is 0.124. The van der Waals surface area contributed by atoms with Crippen molar-refractivity contribution in [1.82, 2.24) is 0 Å². The first kappa shape index (κ1) is 18.9. The average Bonchev–Trinajstić information content (AvgIpc) is 2.76. The third kappa shape index (κ3) is 3.90. The van der Waals surface area contributed by atoms with E-state index in [-0.39, 0.29) is 11.9 Å². The second-order valence-electron chi connectivity index (χ2n) is 7.28. The van der Waals surface area contributed by atoms with Gasteiger partial charge in [0.2, 0.25) is 0 Å². The molecule has 0 amide bonds. The summed E-state index contributed by atoms with van der Waals surface area (Å²) in [5.41, 5.74) is 6.36. The van der Waals surface area contributed by atoms with Crippen LogP contribution in [0.25, 0.3) is 5.70 Å². The van der Waals surface area contributed by atoms with Gasteiger partial charge in [0.15, 0.2) is 0 Å². The van der Waals surface area contributed by atoms with Crippen LogP contribution in [-0.2, 0) is 4.79 Å². The largest absolute Gasteiger partial charge is 0.317 e. The third-order valence-electron chi connectivity index (χ3n) is 5.13. The van der Waals surface area contributed by atoms with Crippen LogP contribution in [0.5, 0.6) is 0 Å². The second-order valence-corrected chi connectivity index (χ2v) is 7.28. The Morgan fingerprint density at radius 1 is 0.828 bits per heavy atom. The highest BCUT2D eigenvalue weighted by Crippen LogP contribution is 2.37. The highest BCUT2D eigenvalue weighted by molar-refractivity contribution is 6.18. The van der Waals surface area contributed by atoms with E-state index in [4.69, 9.17) is 4.99 Å². The molecule has 0 spiro atoms. The maximum Gasteiger partial charge on any atom is 0.133 e. The van der Waals surface area contributed by atoms with Gasteiger partial charge in [-0.05, 0) is 37.1 Å². The van der Waals surface area contributed by atoms with Crippen LogP contribution in [0, 0.1) is 0 Å². The summed E-state index contributed by atoms with van der Waals surface area (Å²) in [6, 6.07) is 30.8. The zero-order valence-corrected chi connectivity index (χ0v) is 16.7. The number of aliphatic imine (C=N–C) groups is 1. The molecule has 0 radical (unpaired) electrons. The zero-order valence-electron chi connectivity index (χ0n) is 16.7. The van der Waals surface area contributed by atoms with Crippen molar-refractivity contribution in [3.8, 4) is 0 Å². The minimum atomic E-state index is -0.288. The number of para-hydroxylation sites is 1. The van der Waals surface area contributed by atoms with Crippen LogP contribution in [0.2, 0.25) is 0 Å². The lowest BCUT2D eigenvalue weighted by Gasteiger charge is -2.38. The van der Waals surface area contributed by atoms with Crippen molar-refractivity contribution < 1.29 is 4.79 Å². The van der Waals surface area contributed by atoms with Crippen LogP contribution in [0.3, 0.4) is 0 Å². The van der Waals surface area contributed by atoms with Gasteiger partial charge in [0.25, 0.3) is 0 Å². The molecule has 0 saturated heterocycles. The van der Waals surface area contributed by atoms with Gasteiger partial charge in [0.05, 0.1) is 11.4 Å². The minimum Gasteiger partial charge on any atom is -0.317 e. The van der Waals surface area contributed by atoms with Crippen LogP contribution < -0.4 is 4.90 Å². The number of ketones is 1. The van der Waals surface area contributed by atoms with Crippen molar-refractivity contribution in [2.24, 2.45) is 4.99 Å². The van der Waals surface area contributed by atoms with E-state index in [1.165, 1.54) is 0 Å².